The maximum absolute atomic E-state index is 13.4. The van der Waals surface area contributed by atoms with Crippen LogP contribution in [0.1, 0.15) is 42.7 Å². The van der Waals surface area contributed by atoms with Crippen LogP contribution in [0.3, 0.4) is 0 Å². The number of halogens is 3. The highest BCUT2D eigenvalue weighted by Gasteiger charge is 2.47. The summed E-state index contributed by atoms with van der Waals surface area (Å²) in [5.41, 5.74) is 0.718. The van der Waals surface area contributed by atoms with Gasteiger partial charge in [0.1, 0.15) is 0 Å². The minimum Gasteiger partial charge on any atom is -0.381 e. The maximum Gasteiger partial charge on any atom is 0.416 e. The molecule has 0 spiro atoms. The Morgan fingerprint density at radius 2 is 1.97 bits per heavy atom. The topological polar surface area (TPSA) is 61.4 Å². The van der Waals surface area contributed by atoms with E-state index < -0.39 is 21.8 Å². The Labute approximate surface area is 194 Å². The number of nitrogens with one attached hydrogen (secondary N) is 2. The monoisotopic (exact) mass is 483 g/mol. The highest BCUT2D eigenvalue weighted by Crippen LogP contribution is 2.51. The number of alkyl halides is 3. The van der Waals surface area contributed by atoms with Gasteiger partial charge < -0.3 is 10.2 Å². The summed E-state index contributed by atoms with van der Waals surface area (Å²) in [6.07, 6.45) is 6.34. The van der Waals surface area contributed by atoms with Crippen LogP contribution in [0.5, 0.6) is 0 Å². The van der Waals surface area contributed by atoms with Gasteiger partial charge in [-0.15, -0.1) is 0 Å². The van der Waals surface area contributed by atoms with Gasteiger partial charge in [-0.2, -0.15) is 13.2 Å². The molecular formula is C24H32F3N3O2S. The van der Waals surface area contributed by atoms with Crippen LogP contribution >= 0.6 is 0 Å². The Kier molecular flexibility index (Phi) is 6.94. The van der Waals surface area contributed by atoms with E-state index in [1.165, 1.54) is 12.1 Å². The van der Waals surface area contributed by atoms with E-state index in [1.54, 1.807) is 0 Å². The van der Waals surface area contributed by atoms with Crippen molar-refractivity contribution in [3.8, 4) is 0 Å². The zero-order valence-corrected chi connectivity index (χ0v) is 19.8. The van der Waals surface area contributed by atoms with Crippen LogP contribution in [0.25, 0.3) is 0 Å². The van der Waals surface area contributed by atoms with Gasteiger partial charge in [0.15, 0.2) is 0 Å². The highest BCUT2D eigenvalue weighted by molar-refractivity contribution is 7.89. The number of sulfonamides is 1. The standard InChI is InChI=1S/C24H32F3N3O2S/c1-30(2)11-6-12-33(31,32)29-18-14-19-20-13-17(24(25,26)27)9-10-22(20)28-23(21(19)15-18)16-7-4-3-5-8-16/h3-5,7,9-10,13,16,18-19,21,23,28-29H,6,8,11-12,14-15H2,1-2H3/t16?,18-,19+,21+,23-/m0/s1. The van der Waals surface area contributed by atoms with Crippen LogP contribution in [0.4, 0.5) is 18.9 Å². The summed E-state index contributed by atoms with van der Waals surface area (Å²) in [6.45, 7) is 0.679. The molecule has 0 radical (unpaired) electrons. The molecule has 5 nitrogen and oxygen atoms in total. The molecule has 1 fully saturated rings. The molecule has 182 valence electrons. The molecule has 0 saturated heterocycles. The predicted octanol–water partition coefficient (Wildman–Crippen LogP) is 4.37. The summed E-state index contributed by atoms with van der Waals surface area (Å²) in [4.78, 5) is 1.94. The van der Waals surface area contributed by atoms with Crippen molar-refractivity contribution in [3.05, 3.63) is 53.6 Å². The maximum atomic E-state index is 13.4. The van der Waals surface area contributed by atoms with Gasteiger partial charge in [-0.05, 0) is 81.9 Å². The van der Waals surface area contributed by atoms with Crippen molar-refractivity contribution in [3.63, 3.8) is 0 Å². The summed E-state index contributed by atoms with van der Waals surface area (Å²) in [6, 6.07) is 3.67. The van der Waals surface area contributed by atoms with Crippen molar-refractivity contribution in [1.82, 2.24) is 9.62 Å². The third-order valence-corrected chi connectivity index (χ3v) is 8.53. The highest BCUT2D eigenvalue weighted by atomic mass is 32.2. The second-order valence-corrected chi connectivity index (χ2v) is 11.6. The smallest absolute Gasteiger partial charge is 0.381 e. The Morgan fingerprint density at radius 1 is 1.18 bits per heavy atom. The molecule has 2 aliphatic carbocycles. The number of rotatable bonds is 7. The third-order valence-electron chi connectivity index (χ3n) is 7.01. The molecule has 3 aliphatic rings. The summed E-state index contributed by atoms with van der Waals surface area (Å²) >= 11 is 0. The molecule has 4 rings (SSSR count). The molecule has 1 aliphatic heterocycles. The fourth-order valence-corrected chi connectivity index (χ4v) is 6.89. The number of anilines is 1. The molecule has 1 unspecified atom stereocenters. The van der Waals surface area contributed by atoms with Crippen LogP contribution in [0.2, 0.25) is 0 Å². The average Bonchev–Trinajstić information content (AvgIpc) is 3.15. The Bertz CT molecular complexity index is 1020. The third kappa shape index (κ3) is 5.63. The van der Waals surface area contributed by atoms with Crippen molar-refractivity contribution in [1.29, 1.82) is 0 Å². The first-order valence-corrected chi connectivity index (χ1v) is 13.1. The Balaban J connectivity index is 1.58. The Hall–Kier alpha value is -1.84. The molecule has 33 heavy (non-hydrogen) atoms. The molecular weight excluding hydrogens is 451 g/mol. The minimum atomic E-state index is -4.41. The van der Waals surface area contributed by atoms with E-state index in [-0.39, 0.29) is 35.6 Å². The normalized spacial score (nSPS) is 29.1. The van der Waals surface area contributed by atoms with Gasteiger partial charge in [-0.25, -0.2) is 13.1 Å². The van der Waals surface area contributed by atoms with E-state index in [0.29, 0.717) is 31.4 Å². The van der Waals surface area contributed by atoms with E-state index in [4.69, 9.17) is 0 Å². The van der Waals surface area contributed by atoms with E-state index in [2.05, 4.69) is 22.2 Å². The fraction of sp³-hybridized carbons (Fsp3) is 0.583. The molecule has 1 heterocycles. The van der Waals surface area contributed by atoms with Gasteiger partial charge in [-0.3, -0.25) is 0 Å². The van der Waals surface area contributed by atoms with E-state index in [9.17, 15) is 21.6 Å². The van der Waals surface area contributed by atoms with Gasteiger partial charge in [0.2, 0.25) is 10.0 Å². The zero-order valence-electron chi connectivity index (χ0n) is 19.0. The first kappa shape index (κ1) is 24.3. The molecule has 1 aromatic carbocycles. The lowest BCUT2D eigenvalue weighted by atomic mass is 9.73. The van der Waals surface area contributed by atoms with Crippen LogP contribution < -0.4 is 10.0 Å². The molecule has 1 saturated carbocycles. The van der Waals surface area contributed by atoms with Crippen LogP contribution in [-0.4, -0.2) is 51.8 Å². The molecule has 0 amide bonds. The molecule has 2 N–H and O–H groups in total. The number of hydrogen-bond acceptors (Lipinski definition) is 4. The molecule has 0 bridgehead atoms. The lowest BCUT2D eigenvalue weighted by Crippen LogP contribution is -2.41. The van der Waals surface area contributed by atoms with Gasteiger partial charge in [0.05, 0.1) is 11.3 Å². The van der Waals surface area contributed by atoms with E-state index >= 15 is 0 Å². The number of allylic oxidation sites excluding steroid dienone is 3. The summed E-state index contributed by atoms with van der Waals surface area (Å²) in [5, 5.41) is 3.51. The van der Waals surface area contributed by atoms with E-state index in [1.807, 2.05) is 31.1 Å². The lowest BCUT2D eigenvalue weighted by Gasteiger charge is -2.41. The van der Waals surface area contributed by atoms with Crippen LogP contribution in [0, 0.1) is 11.8 Å². The minimum absolute atomic E-state index is 0.0451. The summed E-state index contributed by atoms with van der Waals surface area (Å²) in [7, 11) is 0.342. The number of hydrogen-bond donors (Lipinski definition) is 2. The first-order chi connectivity index (χ1) is 15.5. The quantitative estimate of drug-likeness (QED) is 0.605. The SMILES string of the molecule is CN(C)CCCS(=O)(=O)N[C@@H]1C[C@@H]2[C@H](C1)c1cc(C(F)(F)F)ccc1N[C@H]2C1C=CC=CC1. The van der Waals surface area contributed by atoms with Crippen molar-refractivity contribution in [2.75, 3.05) is 31.7 Å². The number of fused-ring (bicyclic) bond motifs is 3. The summed E-state index contributed by atoms with van der Waals surface area (Å²) in [5.74, 6) is 0.191. The first-order valence-electron chi connectivity index (χ1n) is 11.5. The second-order valence-electron chi connectivity index (χ2n) is 9.71. The second kappa shape index (κ2) is 9.43. The van der Waals surface area contributed by atoms with Gasteiger partial charge in [0.25, 0.3) is 0 Å². The van der Waals surface area contributed by atoms with Gasteiger partial charge >= 0.3 is 6.18 Å². The predicted molar refractivity (Wildman–Crippen MR) is 125 cm³/mol. The molecule has 1 aromatic rings. The van der Waals surface area contributed by atoms with Crippen LogP contribution in [-0.2, 0) is 16.2 Å². The van der Waals surface area contributed by atoms with Crippen molar-refractivity contribution < 1.29 is 21.6 Å². The van der Waals surface area contributed by atoms with Crippen LogP contribution in [0.15, 0.2) is 42.5 Å². The number of nitrogens with zero attached hydrogens (tertiary/aromatic N) is 1. The average molecular weight is 484 g/mol. The van der Waals surface area contributed by atoms with Crippen molar-refractivity contribution >= 4 is 15.7 Å². The Morgan fingerprint density at radius 3 is 2.64 bits per heavy atom. The molecule has 0 aromatic heterocycles. The number of benzene rings is 1. The molecule has 5 atom stereocenters. The lowest BCUT2D eigenvalue weighted by molar-refractivity contribution is -0.137. The zero-order chi connectivity index (χ0) is 23.8. The van der Waals surface area contributed by atoms with Gasteiger partial charge in [0, 0.05) is 23.7 Å². The largest absolute Gasteiger partial charge is 0.416 e. The molecule has 9 heteroatoms. The van der Waals surface area contributed by atoms with Gasteiger partial charge in [-0.1, -0.05) is 24.3 Å². The van der Waals surface area contributed by atoms with Crippen molar-refractivity contribution in [2.24, 2.45) is 11.8 Å². The van der Waals surface area contributed by atoms with E-state index in [0.717, 1.165) is 18.2 Å². The fourth-order valence-electron chi connectivity index (χ4n) is 5.56. The van der Waals surface area contributed by atoms with Crippen molar-refractivity contribution in [2.45, 2.75) is 49.9 Å². The summed E-state index contributed by atoms with van der Waals surface area (Å²) < 4.78 is 68.4.